The normalized spacial score (nSPS) is 17.7. The molecule has 2 fully saturated rings. The molecule has 1 saturated carbocycles. The van der Waals surface area contributed by atoms with Crippen LogP contribution in [0.3, 0.4) is 0 Å². The number of halogens is 2. The number of aliphatic carboxylic acids is 1. The van der Waals surface area contributed by atoms with Gasteiger partial charge in [0.25, 0.3) is 0 Å². The van der Waals surface area contributed by atoms with Gasteiger partial charge in [0.05, 0.1) is 32.6 Å². The van der Waals surface area contributed by atoms with Gasteiger partial charge in [-0.05, 0) is 37.5 Å². The second-order valence-corrected chi connectivity index (χ2v) is 9.39. The number of carboxylic acids is 1. The van der Waals surface area contributed by atoms with Crippen molar-refractivity contribution in [2.75, 3.05) is 32.8 Å². The Kier molecular flexibility index (Phi) is 8.00. The summed E-state index contributed by atoms with van der Waals surface area (Å²) in [6.07, 6.45) is 4.26. The third-order valence-corrected chi connectivity index (χ3v) is 7.27. The summed E-state index contributed by atoms with van der Waals surface area (Å²) in [5, 5.41) is 12.8. The van der Waals surface area contributed by atoms with Crippen LogP contribution in [0.15, 0.2) is 18.2 Å². The number of carboxylic acid groups (broad SMARTS) is 1. The van der Waals surface area contributed by atoms with Gasteiger partial charge in [-0.3, -0.25) is 0 Å². The molecule has 9 heteroatoms. The Bertz CT molecular complexity index is 1110. The molecular formula is C27H33F2NO6. The molecule has 4 rings (SSSR count). The third-order valence-electron chi connectivity index (χ3n) is 7.27. The van der Waals surface area contributed by atoms with Crippen LogP contribution in [0.5, 0.6) is 11.5 Å². The Balaban J connectivity index is 1.81. The zero-order chi connectivity index (χ0) is 25.9. The van der Waals surface area contributed by atoms with Crippen molar-refractivity contribution in [3.8, 4) is 22.6 Å². The van der Waals surface area contributed by atoms with E-state index in [0.29, 0.717) is 16.9 Å². The van der Waals surface area contributed by atoms with E-state index >= 15 is 8.78 Å². The second kappa shape index (κ2) is 11.0. The van der Waals surface area contributed by atoms with E-state index in [0.717, 1.165) is 25.7 Å². The van der Waals surface area contributed by atoms with Gasteiger partial charge in [-0.1, -0.05) is 18.9 Å². The Hall–Kier alpha value is -2.91. The fourth-order valence-corrected chi connectivity index (χ4v) is 5.09. The number of ether oxygens (including phenoxy) is 4. The lowest BCUT2D eigenvalue weighted by Gasteiger charge is -2.35. The molecule has 1 heterocycles. The zero-order valence-corrected chi connectivity index (χ0v) is 20.9. The lowest BCUT2D eigenvalue weighted by atomic mass is 9.89. The maximum atomic E-state index is 16.1. The molecule has 0 radical (unpaired) electrons. The van der Waals surface area contributed by atoms with E-state index in [2.05, 4.69) is 5.32 Å². The van der Waals surface area contributed by atoms with Crippen LogP contribution >= 0.6 is 0 Å². The summed E-state index contributed by atoms with van der Waals surface area (Å²) in [4.78, 5) is 12.1. The first-order chi connectivity index (χ1) is 17.3. The highest BCUT2D eigenvalue weighted by molar-refractivity contribution is 5.84. The van der Waals surface area contributed by atoms with E-state index < -0.39 is 23.1 Å². The van der Waals surface area contributed by atoms with Crippen molar-refractivity contribution in [2.24, 2.45) is 0 Å². The molecule has 0 amide bonds. The van der Waals surface area contributed by atoms with E-state index in [1.807, 2.05) is 0 Å². The standard InChI is InChI=1S/C27H33F2NO6/c1-16-22(33-2)14-19(24(29)25(16)34-3)18-8-9-21(30-27(26(31)32)10-12-35-13-11-27)23(28)20(18)15-36-17-6-4-5-7-17/h8-9,14,17,30H,4-7,10-13,15H2,1-3H3,(H,31,32). The number of rotatable bonds is 9. The smallest absolute Gasteiger partial charge is 0.329 e. The molecule has 1 saturated heterocycles. The molecule has 2 aromatic carbocycles. The first-order valence-corrected chi connectivity index (χ1v) is 12.2. The van der Waals surface area contributed by atoms with Crippen LogP contribution in [0.2, 0.25) is 0 Å². The van der Waals surface area contributed by atoms with E-state index in [9.17, 15) is 9.90 Å². The summed E-state index contributed by atoms with van der Waals surface area (Å²) in [6.45, 7) is 2.11. The largest absolute Gasteiger partial charge is 0.496 e. The molecule has 1 aliphatic heterocycles. The van der Waals surface area contributed by atoms with Crippen molar-refractivity contribution in [3.63, 3.8) is 0 Å². The first kappa shape index (κ1) is 26.2. The summed E-state index contributed by atoms with van der Waals surface area (Å²) in [5.74, 6) is -1.96. The van der Waals surface area contributed by atoms with Gasteiger partial charge in [0, 0.05) is 42.7 Å². The zero-order valence-electron chi connectivity index (χ0n) is 20.9. The average molecular weight is 506 g/mol. The number of hydrogen-bond donors (Lipinski definition) is 2. The van der Waals surface area contributed by atoms with Crippen LogP contribution in [0.25, 0.3) is 11.1 Å². The summed E-state index contributed by atoms with van der Waals surface area (Å²) < 4.78 is 53.7. The molecule has 2 aromatic rings. The van der Waals surface area contributed by atoms with Crippen molar-refractivity contribution in [1.29, 1.82) is 0 Å². The summed E-state index contributed by atoms with van der Waals surface area (Å²) in [7, 11) is 2.84. The van der Waals surface area contributed by atoms with Gasteiger partial charge < -0.3 is 29.4 Å². The minimum absolute atomic E-state index is 0.00153. The maximum absolute atomic E-state index is 16.1. The molecule has 1 aliphatic carbocycles. The lowest BCUT2D eigenvalue weighted by Crippen LogP contribution is -2.50. The predicted octanol–water partition coefficient (Wildman–Crippen LogP) is 5.46. The molecular weight excluding hydrogens is 472 g/mol. The van der Waals surface area contributed by atoms with E-state index in [4.69, 9.17) is 18.9 Å². The first-order valence-electron chi connectivity index (χ1n) is 12.2. The van der Waals surface area contributed by atoms with Crippen LogP contribution in [0, 0.1) is 18.6 Å². The molecule has 2 aliphatic rings. The molecule has 0 spiro atoms. The van der Waals surface area contributed by atoms with Gasteiger partial charge in [-0.15, -0.1) is 0 Å². The molecule has 0 unspecified atom stereocenters. The lowest BCUT2D eigenvalue weighted by molar-refractivity contribution is -0.145. The fourth-order valence-electron chi connectivity index (χ4n) is 5.09. The van der Waals surface area contributed by atoms with E-state index in [1.54, 1.807) is 13.0 Å². The highest BCUT2D eigenvalue weighted by atomic mass is 19.1. The van der Waals surface area contributed by atoms with Crippen LogP contribution in [-0.4, -0.2) is 50.2 Å². The van der Waals surface area contributed by atoms with Gasteiger partial charge in [-0.2, -0.15) is 0 Å². The Morgan fingerprint density at radius 2 is 1.81 bits per heavy atom. The number of hydrogen-bond acceptors (Lipinski definition) is 6. The van der Waals surface area contributed by atoms with E-state index in [1.165, 1.54) is 26.4 Å². The number of benzene rings is 2. The quantitative estimate of drug-likeness (QED) is 0.468. The molecule has 36 heavy (non-hydrogen) atoms. The Labute approximate surface area is 209 Å². The molecule has 2 N–H and O–H groups in total. The fraction of sp³-hybridized carbons (Fsp3) is 0.519. The molecule has 7 nitrogen and oxygen atoms in total. The predicted molar refractivity (Wildman–Crippen MR) is 131 cm³/mol. The van der Waals surface area contributed by atoms with Crippen molar-refractivity contribution in [3.05, 3.63) is 41.0 Å². The van der Waals surface area contributed by atoms with Gasteiger partial charge >= 0.3 is 5.97 Å². The average Bonchev–Trinajstić information content (AvgIpc) is 3.39. The summed E-state index contributed by atoms with van der Waals surface area (Å²) in [5.41, 5.74) is -0.283. The van der Waals surface area contributed by atoms with Crippen molar-refractivity contribution >= 4 is 11.7 Å². The van der Waals surface area contributed by atoms with Gasteiger partial charge in [0.1, 0.15) is 11.3 Å². The maximum Gasteiger partial charge on any atom is 0.329 e. The molecule has 0 atom stereocenters. The summed E-state index contributed by atoms with van der Waals surface area (Å²) >= 11 is 0. The van der Waals surface area contributed by atoms with Crippen LogP contribution < -0.4 is 14.8 Å². The van der Waals surface area contributed by atoms with Crippen molar-refractivity contribution < 1.29 is 37.6 Å². The Morgan fingerprint density at radius 3 is 2.42 bits per heavy atom. The molecule has 0 bridgehead atoms. The summed E-state index contributed by atoms with van der Waals surface area (Å²) in [6, 6.07) is 4.55. The minimum atomic E-state index is -1.36. The van der Waals surface area contributed by atoms with Crippen LogP contribution in [0.1, 0.15) is 49.7 Å². The van der Waals surface area contributed by atoms with Gasteiger partial charge in [-0.25, -0.2) is 13.6 Å². The van der Waals surface area contributed by atoms with E-state index in [-0.39, 0.29) is 61.3 Å². The van der Waals surface area contributed by atoms with Gasteiger partial charge in [0.15, 0.2) is 17.4 Å². The van der Waals surface area contributed by atoms with Crippen LogP contribution in [-0.2, 0) is 20.9 Å². The number of nitrogens with one attached hydrogen (secondary N) is 1. The number of anilines is 1. The highest BCUT2D eigenvalue weighted by Crippen LogP contribution is 2.41. The van der Waals surface area contributed by atoms with Crippen molar-refractivity contribution in [1.82, 2.24) is 0 Å². The number of methoxy groups -OCH3 is 2. The topological polar surface area (TPSA) is 86.3 Å². The second-order valence-electron chi connectivity index (χ2n) is 9.39. The molecule has 0 aromatic heterocycles. The third kappa shape index (κ3) is 4.99. The highest BCUT2D eigenvalue weighted by Gasteiger charge is 2.41. The van der Waals surface area contributed by atoms with Crippen molar-refractivity contribution in [2.45, 2.75) is 63.7 Å². The number of carbonyl (C=O) groups is 1. The monoisotopic (exact) mass is 505 g/mol. The minimum Gasteiger partial charge on any atom is -0.496 e. The molecule has 196 valence electrons. The van der Waals surface area contributed by atoms with Crippen LogP contribution in [0.4, 0.5) is 14.5 Å². The Morgan fingerprint density at radius 1 is 1.11 bits per heavy atom. The SMILES string of the molecule is COc1cc(-c2ccc(NC3(C(=O)O)CCOCC3)c(F)c2COC2CCCC2)c(F)c(OC)c1C. The van der Waals surface area contributed by atoms with Gasteiger partial charge in [0.2, 0.25) is 0 Å².